The molecule has 2 aromatic carbocycles. The fourth-order valence-corrected chi connectivity index (χ4v) is 2.80. The Bertz CT molecular complexity index is 1060. The van der Waals surface area contributed by atoms with Gasteiger partial charge in [-0.3, -0.25) is 14.4 Å². The molecule has 3 rings (SSSR count). The molecule has 0 unspecified atom stereocenters. The van der Waals surface area contributed by atoms with Gasteiger partial charge in [0.2, 0.25) is 0 Å². The van der Waals surface area contributed by atoms with Crippen molar-refractivity contribution < 1.29 is 14.3 Å². The zero-order valence-corrected chi connectivity index (χ0v) is 15.7. The van der Waals surface area contributed by atoms with E-state index >= 15 is 0 Å². The number of aromatic nitrogens is 2. The molecule has 0 spiro atoms. The van der Waals surface area contributed by atoms with Gasteiger partial charge in [0.15, 0.2) is 6.10 Å². The van der Waals surface area contributed by atoms with Crippen molar-refractivity contribution in [3.8, 4) is 0 Å². The van der Waals surface area contributed by atoms with Crippen LogP contribution >= 0.6 is 0 Å². The first kappa shape index (κ1) is 19.3. The lowest BCUT2D eigenvalue weighted by Crippen LogP contribution is -2.30. The minimum atomic E-state index is -0.965. The average molecular weight is 379 g/mol. The van der Waals surface area contributed by atoms with E-state index in [1.165, 1.54) is 6.92 Å². The molecular formula is C21H21N3O4. The molecule has 7 nitrogen and oxygen atoms in total. The molecule has 0 aliphatic rings. The summed E-state index contributed by atoms with van der Waals surface area (Å²) in [6, 6.07) is 14.3. The Kier molecular flexibility index (Phi) is 5.84. The highest BCUT2D eigenvalue weighted by Gasteiger charge is 2.19. The number of hydrogen-bond donors (Lipinski definition) is 2. The number of rotatable bonds is 6. The zero-order chi connectivity index (χ0) is 20.1. The minimum Gasteiger partial charge on any atom is -0.452 e. The molecule has 3 aromatic rings. The van der Waals surface area contributed by atoms with Gasteiger partial charge in [-0.1, -0.05) is 37.3 Å². The summed E-state index contributed by atoms with van der Waals surface area (Å²) in [7, 11) is 0. The summed E-state index contributed by atoms with van der Waals surface area (Å²) < 4.78 is 5.23. The number of carbonyl (C=O) groups is 2. The smallest absolute Gasteiger partial charge is 0.312 e. The molecule has 144 valence electrons. The van der Waals surface area contributed by atoms with E-state index in [2.05, 4.69) is 22.4 Å². The number of nitrogens with zero attached hydrogens (tertiary/aromatic N) is 1. The van der Waals surface area contributed by atoms with Crippen LogP contribution in [0.4, 0.5) is 5.69 Å². The summed E-state index contributed by atoms with van der Waals surface area (Å²) in [4.78, 5) is 36.3. The largest absolute Gasteiger partial charge is 0.452 e. The van der Waals surface area contributed by atoms with Gasteiger partial charge in [-0.15, -0.1) is 0 Å². The predicted octanol–water partition coefficient (Wildman–Crippen LogP) is 2.60. The Morgan fingerprint density at radius 1 is 1.11 bits per heavy atom. The SMILES string of the molecule is CCc1ccc(NC(=O)[C@@H](C)OC(=O)Cc2n[nH]c(=O)c3ccccc23)cc1. The van der Waals surface area contributed by atoms with Crippen LogP contribution in [-0.2, 0) is 27.2 Å². The van der Waals surface area contributed by atoms with E-state index in [0.717, 1.165) is 12.0 Å². The highest BCUT2D eigenvalue weighted by atomic mass is 16.5. The number of aryl methyl sites for hydroxylation is 1. The summed E-state index contributed by atoms with van der Waals surface area (Å²) in [6.07, 6.45) is -0.206. The maximum Gasteiger partial charge on any atom is 0.312 e. The van der Waals surface area contributed by atoms with Gasteiger partial charge in [0.1, 0.15) is 0 Å². The molecule has 2 N–H and O–H groups in total. The number of aromatic amines is 1. The van der Waals surface area contributed by atoms with Crippen molar-refractivity contribution in [1.82, 2.24) is 10.2 Å². The van der Waals surface area contributed by atoms with Crippen LogP contribution in [0.5, 0.6) is 0 Å². The van der Waals surface area contributed by atoms with E-state index in [0.29, 0.717) is 22.2 Å². The van der Waals surface area contributed by atoms with Crippen LogP contribution < -0.4 is 10.9 Å². The van der Waals surface area contributed by atoms with Crippen molar-refractivity contribution in [1.29, 1.82) is 0 Å². The van der Waals surface area contributed by atoms with Crippen LogP contribution in [0.15, 0.2) is 53.3 Å². The number of fused-ring (bicyclic) bond motifs is 1. The van der Waals surface area contributed by atoms with Crippen LogP contribution in [0.2, 0.25) is 0 Å². The third-order valence-corrected chi connectivity index (χ3v) is 4.39. The molecule has 1 amide bonds. The number of nitrogens with one attached hydrogen (secondary N) is 2. The number of ether oxygens (including phenoxy) is 1. The molecule has 1 atom stereocenters. The lowest BCUT2D eigenvalue weighted by molar-refractivity contribution is -0.152. The second kappa shape index (κ2) is 8.47. The summed E-state index contributed by atoms with van der Waals surface area (Å²) in [6.45, 7) is 3.56. The summed E-state index contributed by atoms with van der Waals surface area (Å²) in [5.41, 5.74) is 1.87. The first-order chi connectivity index (χ1) is 13.5. The van der Waals surface area contributed by atoms with Gasteiger partial charge in [-0.25, -0.2) is 5.10 Å². The Morgan fingerprint density at radius 2 is 1.79 bits per heavy atom. The maximum absolute atomic E-state index is 12.3. The van der Waals surface area contributed by atoms with E-state index in [4.69, 9.17) is 4.74 Å². The van der Waals surface area contributed by atoms with E-state index in [-0.39, 0.29) is 12.0 Å². The third kappa shape index (κ3) is 4.43. The Morgan fingerprint density at radius 3 is 2.46 bits per heavy atom. The lowest BCUT2D eigenvalue weighted by Gasteiger charge is -2.14. The predicted molar refractivity (Wildman–Crippen MR) is 106 cm³/mol. The lowest BCUT2D eigenvalue weighted by atomic mass is 10.1. The summed E-state index contributed by atoms with van der Waals surface area (Å²) >= 11 is 0. The van der Waals surface area contributed by atoms with Gasteiger partial charge in [-0.2, -0.15) is 5.10 Å². The van der Waals surface area contributed by atoms with Crippen LogP contribution in [-0.4, -0.2) is 28.2 Å². The molecule has 1 aromatic heterocycles. The van der Waals surface area contributed by atoms with Crippen LogP contribution in [0.25, 0.3) is 10.8 Å². The zero-order valence-electron chi connectivity index (χ0n) is 15.7. The number of amides is 1. The van der Waals surface area contributed by atoms with Crippen LogP contribution in [0.3, 0.4) is 0 Å². The number of H-pyrrole nitrogens is 1. The van der Waals surface area contributed by atoms with Gasteiger partial charge in [0, 0.05) is 11.1 Å². The Balaban J connectivity index is 1.63. The monoisotopic (exact) mass is 379 g/mol. The number of hydrogen-bond acceptors (Lipinski definition) is 5. The molecule has 0 saturated carbocycles. The molecule has 0 radical (unpaired) electrons. The van der Waals surface area contributed by atoms with Crippen molar-refractivity contribution in [2.75, 3.05) is 5.32 Å². The average Bonchev–Trinajstić information content (AvgIpc) is 2.71. The maximum atomic E-state index is 12.3. The normalized spacial score (nSPS) is 11.8. The van der Waals surface area contributed by atoms with E-state index < -0.39 is 18.0 Å². The van der Waals surface area contributed by atoms with Gasteiger partial charge in [0.05, 0.1) is 17.5 Å². The molecular weight excluding hydrogens is 358 g/mol. The van der Waals surface area contributed by atoms with Gasteiger partial charge in [0.25, 0.3) is 11.5 Å². The number of esters is 1. The van der Waals surface area contributed by atoms with Crippen LogP contribution in [0, 0.1) is 0 Å². The number of anilines is 1. The highest BCUT2D eigenvalue weighted by Crippen LogP contribution is 2.14. The molecule has 28 heavy (non-hydrogen) atoms. The molecule has 0 fully saturated rings. The summed E-state index contributed by atoms with van der Waals surface area (Å²) in [5.74, 6) is -1.02. The van der Waals surface area contributed by atoms with Crippen LogP contribution in [0.1, 0.15) is 25.1 Å². The van der Waals surface area contributed by atoms with Crippen molar-refractivity contribution in [2.24, 2.45) is 0 Å². The topological polar surface area (TPSA) is 101 Å². The van der Waals surface area contributed by atoms with Gasteiger partial charge < -0.3 is 10.1 Å². The van der Waals surface area contributed by atoms with Crippen molar-refractivity contribution in [3.63, 3.8) is 0 Å². The number of benzene rings is 2. The quantitative estimate of drug-likeness (QED) is 0.641. The fraction of sp³-hybridized carbons (Fsp3) is 0.238. The second-order valence-electron chi connectivity index (χ2n) is 6.39. The Hall–Kier alpha value is -3.48. The third-order valence-electron chi connectivity index (χ3n) is 4.39. The molecule has 0 bridgehead atoms. The molecule has 0 aliphatic carbocycles. The molecule has 0 aliphatic heterocycles. The molecule has 1 heterocycles. The first-order valence-electron chi connectivity index (χ1n) is 9.03. The van der Waals surface area contributed by atoms with Gasteiger partial charge in [-0.05, 0) is 37.1 Å². The minimum absolute atomic E-state index is 0.153. The molecule has 0 saturated heterocycles. The first-order valence-corrected chi connectivity index (χ1v) is 9.03. The van der Waals surface area contributed by atoms with E-state index in [1.54, 1.807) is 24.3 Å². The highest BCUT2D eigenvalue weighted by molar-refractivity contribution is 5.95. The number of carbonyl (C=O) groups excluding carboxylic acids is 2. The van der Waals surface area contributed by atoms with E-state index in [9.17, 15) is 14.4 Å². The van der Waals surface area contributed by atoms with Gasteiger partial charge >= 0.3 is 5.97 Å². The fourth-order valence-electron chi connectivity index (χ4n) is 2.80. The van der Waals surface area contributed by atoms with Crippen molar-refractivity contribution >= 4 is 28.3 Å². The standard InChI is InChI=1S/C21H21N3O4/c1-3-14-8-10-15(11-9-14)22-20(26)13(2)28-19(25)12-18-16-6-4-5-7-17(16)21(27)24-23-18/h4-11,13H,3,12H2,1-2H3,(H,22,26)(H,24,27)/t13-/m1/s1. The second-order valence-corrected chi connectivity index (χ2v) is 6.39. The summed E-state index contributed by atoms with van der Waals surface area (Å²) in [5, 5.41) is 10.1. The van der Waals surface area contributed by atoms with Crippen molar-refractivity contribution in [2.45, 2.75) is 32.8 Å². The van der Waals surface area contributed by atoms with E-state index in [1.807, 2.05) is 24.3 Å². The van der Waals surface area contributed by atoms with Crippen molar-refractivity contribution in [3.05, 3.63) is 70.1 Å². The molecule has 7 heteroatoms. The Labute approximate surface area is 161 Å².